The van der Waals surface area contributed by atoms with Gasteiger partial charge in [-0.05, 0) is 37.3 Å². The van der Waals surface area contributed by atoms with Gasteiger partial charge in [0.25, 0.3) is 5.91 Å². The summed E-state index contributed by atoms with van der Waals surface area (Å²) in [5.74, 6) is -2.47. The first-order valence-electron chi connectivity index (χ1n) is 9.03. The van der Waals surface area contributed by atoms with E-state index in [0.717, 1.165) is 30.0 Å². The van der Waals surface area contributed by atoms with Crippen LogP contribution in [-0.2, 0) is 10.9 Å². The predicted octanol–water partition coefficient (Wildman–Crippen LogP) is 3.30. The van der Waals surface area contributed by atoms with Crippen molar-refractivity contribution in [2.45, 2.75) is 13.1 Å². The van der Waals surface area contributed by atoms with Crippen LogP contribution in [0.3, 0.4) is 0 Å². The average molecular weight is 447 g/mol. The Labute approximate surface area is 178 Å². The van der Waals surface area contributed by atoms with Gasteiger partial charge in [0.05, 0.1) is 24.0 Å². The first-order chi connectivity index (χ1) is 15.0. The molecule has 8 nitrogen and oxygen atoms in total. The normalized spacial score (nSPS) is 11.2. The Morgan fingerprint density at radius 3 is 2.47 bits per heavy atom. The largest absolute Gasteiger partial charge is 0.505 e. The number of aromatic hydroxyl groups is 1. The van der Waals surface area contributed by atoms with Gasteiger partial charge in [0.2, 0.25) is 5.43 Å². The molecule has 166 valence electrons. The number of phenolic OH excluding ortho intramolecular Hbond substituents is 1. The highest BCUT2D eigenvalue weighted by Crippen LogP contribution is 2.30. The highest BCUT2D eigenvalue weighted by Gasteiger charge is 2.30. The van der Waals surface area contributed by atoms with Gasteiger partial charge < -0.3 is 15.2 Å². The Balaban J connectivity index is 2.01. The molecule has 1 amide bonds. The summed E-state index contributed by atoms with van der Waals surface area (Å²) in [5, 5.41) is 16.4. The van der Waals surface area contributed by atoms with Crippen molar-refractivity contribution >= 4 is 17.6 Å². The smallest absolute Gasteiger partial charge is 0.416 e. The zero-order valence-electron chi connectivity index (χ0n) is 16.7. The third-order valence-corrected chi connectivity index (χ3v) is 4.43. The molecule has 0 spiro atoms. The number of ether oxygens (including phenoxy) is 1. The number of phenols is 1. The van der Waals surface area contributed by atoms with Crippen LogP contribution in [0.25, 0.3) is 5.69 Å². The third kappa shape index (κ3) is 4.46. The number of amides is 1. The number of para-hydroxylation sites is 1. The molecule has 2 aromatic carbocycles. The van der Waals surface area contributed by atoms with E-state index in [-0.39, 0.29) is 22.6 Å². The number of anilines is 1. The minimum absolute atomic E-state index is 0.0121. The molecule has 0 atom stereocenters. The molecule has 1 aromatic heterocycles. The number of benzene rings is 2. The van der Waals surface area contributed by atoms with Crippen molar-refractivity contribution in [1.82, 2.24) is 9.78 Å². The molecular weight excluding hydrogens is 431 g/mol. The lowest BCUT2D eigenvalue weighted by molar-refractivity contribution is -0.137. The number of alkyl halides is 3. The van der Waals surface area contributed by atoms with Gasteiger partial charge in [0.1, 0.15) is 5.56 Å². The molecule has 11 heteroatoms. The van der Waals surface area contributed by atoms with Crippen LogP contribution in [0, 0.1) is 6.92 Å². The minimum Gasteiger partial charge on any atom is -0.505 e. The molecular formula is C21H16F3N3O5. The summed E-state index contributed by atoms with van der Waals surface area (Å²) in [6.07, 6.45) is -4.59. The number of methoxy groups -OCH3 is 1. The third-order valence-electron chi connectivity index (χ3n) is 4.43. The van der Waals surface area contributed by atoms with Crippen LogP contribution in [0.15, 0.2) is 53.3 Å². The summed E-state index contributed by atoms with van der Waals surface area (Å²) in [6, 6.07) is 9.18. The van der Waals surface area contributed by atoms with E-state index < -0.39 is 40.5 Å². The molecule has 0 aliphatic carbocycles. The van der Waals surface area contributed by atoms with Gasteiger partial charge in [0.15, 0.2) is 11.4 Å². The fourth-order valence-corrected chi connectivity index (χ4v) is 2.88. The quantitative estimate of drug-likeness (QED) is 0.469. The van der Waals surface area contributed by atoms with Gasteiger partial charge in [-0.1, -0.05) is 12.1 Å². The van der Waals surface area contributed by atoms with Gasteiger partial charge >= 0.3 is 12.1 Å². The van der Waals surface area contributed by atoms with E-state index in [4.69, 9.17) is 0 Å². The van der Waals surface area contributed by atoms with Crippen LogP contribution in [0.5, 0.6) is 5.75 Å². The van der Waals surface area contributed by atoms with E-state index in [0.29, 0.717) is 0 Å². The summed E-state index contributed by atoms with van der Waals surface area (Å²) in [7, 11) is 1.11. The van der Waals surface area contributed by atoms with E-state index in [2.05, 4.69) is 15.2 Å². The SMILES string of the molecule is COC(=O)c1cccc(NC(=O)c2nn(-c3cccc(C(F)(F)F)c3)c(C)cc2=O)c1O. The number of nitrogens with one attached hydrogen (secondary N) is 1. The summed E-state index contributed by atoms with van der Waals surface area (Å²) in [6.45, 7) is 1.45. The fourth-order valence-electron chi connectivity index (χ4n) is 2.88. The molecule has 0 bridgehead atoms. The number of aromatic nitrogens is 2. The number of hydrogen-bond acceptors (Lipinski definition) is 6. The lowest BCUT2D eigenvalue weighted by atomic mass is 10.1. The first kappa shape index (κ1) is 22.5. The van der Waals surface area contributed by atoms with E-state index in [1.807, 2.05) is 0 Å². The number of carbonyl (C=O) groups excluding carboxylic acids is 2. The lowest BCUT2D eigenvalue weighted by Crippen LogP contribution is -2.27. The van der Waals surface area contributed by atoms with Crippen LogP contribution in [-0.4, -0.2) is 33.9 Å². The van der Waals surface area contributed by atoms with Crippen molar-refractivity contribution < 1.29 is 32.6 Å². The highest BCUT2D eigenvalue weighted by molar-refractivity contribution is 6.05. The molecule has 0 unspecified atom stereocenters. The molecule has 0 aliphatic rings. The van der Waals surface area contributed by atoms with Gasteiger partial charge in [-0.15, -0.1) is 0 Å². The van der Waals surface area contributed by atoms with Gasteiger partial charge in [-0.2, -0.15) is 18.3 Å². The van der Waals surface area contributed by atoms with Crippen molar-refractivity contribution in [1.29, 1.82) is 0 Å². The van der Waals surface area contributed by atoms with Crippen molar-refractivity contribution in [3.05, 3.63) is 81.3 Å². The maximum absolute atomic E-state index is 13.1. The number of nitrogens with zero attached hydrogens (tertiary/aromatic N) is 2. The molecule has 0 saturated carbocycles. The molecule has 0 saturated heterocycles. The number of esters is 1. The van der Waals surface area contributed by atoms with E-state index in [1.165, 1.54) is 37.3 Å². The number of rotatable bonds is 4. The van der Waals surface area contributed by atoms with Crippen molar-refractivity contribution in [2.75, 3.05) is 12.4 Å². The second-order valence-corrected chi connectivity index (χ2v) is 6.61. The Bertz CT molecular complexity index is 1270. The average Bonchev–Trinajstić information content (AvgIpc) is 2.74. The molecule has 0 fully saturated rings. The summed E-state index contributed by atoms with van der Waals surface area (Å²) >= 11 is 0. The standard InChI is InChI=1S/C21H16F3N3O5/c1-11-9-16(28)17(26-27(11)13-6-3-5-12(10-13)21(22,23)24)19(30)25-15-8-4-7-14(18(15)29)20(31)32-2/h3-10,29H,1-2H3,(H,25,30). The van der Waals surface area contributed by atoms with Gasteiger partial charge in [-0.25, -0.2) is 9.48 Å². The summed E-state index contributed by atoms with van der Waals surface area (Å²) in [4.78, 5) is 36.7. The van der Waals surface area contributed by atoms with Crippen LogP contribution in [0.1, 0.15) is 32.1 Å². The van der Waals surface area contributed by atoms with Gasteiger partial charge in [0, 0.05) is 11.8 Å². The second kappa shape index (κ2) is 8.53. The number of aryl methyl sites for hydroxylation is 1. The number of carbonyl (C=O) groups is 2. The fraction of sp³-hybridized carbons (Fsp3) is 0.143. The lowest BCUT2D eigenvalue weighted by Gasteiger charge is -2.14. The number of hydrogen-bond donors (Lipinski definition) is 2. The molecule has 0 radical (unpaired) electrons. The van der Waals surface area contributed by atoms with E-state index in [9.17, 15) is 32.7 Å². The molecule has 32 heavy (non-hydrogen) atoms. The summed E-state index contributed by atoms with van der Waals surface area (Å²) in [5.41, 5.74) is -2.56. The minimum atomic E-state index is -4.59. The highest BCUT2D eigenvalue weighted by atomic mass is 19.4. The van der Waals surface area contributed by atoms with Crippen LogP contribution in [0.2, 0.25) is 0 Å². The van der Waals surface area contributed by atoms with Crippen LogP contribution in [0.4, 0.5) is 18.9 Å². The zero-order chi connectivity index (χ0) is 23.6. The monoisotopic (exact) mass is 447 g/mol. The molecule has 3 aromatic rings. The molecule has 3 rings (SSSR count). The van der Waals surface area contributed by atoms with Crippen LogP contribution < -0.4 is 10.7 Å². The molecule has 0 aliphatic heterocycles. The molecule has 2 N–H and O–H groups in total. The number of halogens is 3. The Morgan fingerprint density at radius 1 is 1.12 bits per heavy atom. The Kier molecular flexibility index (Phi) is 6.01. The van der Waals surface area contributed by atoms with Crippen molar-refractivity contribution in [2.24, 2.45) is 0 Å². The summed E-state index contributed by atoms with van der Waals surface area (Å²) < 4.78 is 44.7. The maximum Gasteiger partial charge on any atom is 0.416 e. The van der Waals surface area contributed by atoms with E-state index in [1.54, 1.807) is 0 Å². The van der Waals surface area contributed by atoms with Crippen molar-refractivity contribution in [3.8, 4) is 11.4 Å². The van der Waals surface area contributed by atoms with E-state index >= 15 is 0 Å². The Morgan fingerprint density at radius 2 is 1.81 bits per heavy atom. The maximum atomic E-state index is 13.1. The first-order valence-corrected chi connectivity index (χ1v) is 9.03. The predicted molar refractivity (Wildman–Crippen MR) is 107 cm³/mol. The topological polar surface area (TPSA) is 111 Å². The van der Waals surface area contributed by atoms with Crippen LogP contribution >= 0.6 is 0 Å². The second-order valence-electron chi connectivity index (χ2n) is 6.61. The zero-order valence-corrected chi connectivity index (χ0v) is 16.7. The molecule has 1 heterocycles. The van der Waals surface area contributed by atoms with Gasteiger partial charge in [-0.3, -0.25) is 9.59 Å². The Hall–Kier alpha value is -4.15. The van der Waals surface area contributed by atoms with Crippen molar-refractivity contribution in [3.63, 3.8) is 0 Å².